The van der Waals surface area contributed by atoms with E-state index < -0.39 is 10.0 Å². The molecular formula is C25H29N5O3S3. The number of nitrogens with one attached hydrogen (secondary N) is 1. The van der Waals surface area contributed by atoms with Crippen LogP contribution in [0, 0.1) is 6.92 Å². The van der Waals surface area contributed by atoms with Gasteiger partial charge in [-0.25, -0.2) is 12.1 Å². The maximum absolute atomic E-state index is 13.3. The molecule has 3 aromatic rings. The van der Waals surface area contributed by atoms with Crippen LogP contribution in [0.25, 0.3) is 10.9 Å². The predicted octanol–water partition coefficient (Wildman–Crippen LogP) is 3.54. The molecule has 0 bridgehead atoms. The van der Waals surface area contributed by atoms with Gasteiger partial charge in [0.15, 0.2) is 0 Å². The number of carbonyl (C=O) groups is 1. The van der Waals surface area contributed by atoms with Crippen LogP contribution < -0.4 is 3.71 Å². The molecule has 2 aliphatic rings. The second-order valence-electron chi connectivity index (χ2n) is 9.18. The zero-order valence-electron chi connectivity index (χ0n) is 20.2. The summed E-state index contributed by atoms with van der Waals surface area (Å²) in [6.45, 7) is 8.46. The lowest BCUT2D eigenvalue weighted by atomic mass is 10.2. The Morgan fingerprint density at radius 2 is 1.92 bits per heavy atom. The number of rotatable bonds is 6. The van der Waals surface area contributed by atoms with Gasteiger partial charge >= 0.3 is 0 Å². The Bertz CT molecular complexity index is 1430. The number of aromatic nitrogens is 1. The number of hydrogen-bond donors (Lipinski definition) is 2. The molecule has 5 rings (SSSR count). The molecule has 1 amide bonds. The maximum Gasteiger partial charge on any atom is 0.273 e. The van der Waals surface area contributed by atoms with E-state index in [0.717, 1.165) is 64.7 Å². The summed E-state index contributed by atoms with van der Waals surface area (Å²) in [6.07, 6.45) is 0. The van der Waals surface area contributed by atoms with E-state index in [1.54, 1.807) is 43.0 Å². The first-order chi connectivity index (χ1) is 17.2. The number of benzene rings is 2. The minimum atomic E-state index is -3.84. The Morgan fingerprint density at radius 1 is 1.17 bits per heavy atom. The Kier molecular flexibility index (Phi) is 7.08. The number of carbonyl (C=O) groups excluding carboxylic acids is 1. The summed E-state index contributed by atoms with van der Waals surface area (Å²) in [6, 6.07) is 14.4. The Hall–Kier alpha value is -2.47. The van der Waals surface area contributed by atoms with Crippen LogP contribution in [0.2, 0.25) is 0 Å². The second kappa shape index (κ2) is 10.1. The van der Waals surface area contributed by atoms with E-state index in [1.165, 1.54) is 0 Å². The Labute approximate surface area is 221 Å². The monoisotopic (exact) mass is 543 g/mol. The molecular weight excluding hydrogens is 515 g/mol. The van der Waals surface area contributed by atoms with Gasteiger partial charge in [0.05, 0.1) is 28.3 Å². The average Bonchev–Trinajstić information content (AvgIpc) is 3.51. The van der Waals surface area contributed by atoms with Gasteiger partial charge in [-0.05, 0) is 49.6 Å². The number of nitrogens with zero attached hydrogens (tertiary/aromatic N) is 4. The molecule has 190 valence electrons. The van der Waals surface area contributed by atoms with E-state index in [0.29, 0.717) is 16.5 Å². The normalized spacial score (nSPS) is 19.0. The van der Waals surface area contributed by atoms with Crippen molar-refractivity contribution >= 4 is 62.1 Å². The highest BCUT2D eigenvalue weighted by molar-refractivity contribution is 8.15. The van der Waals surface area contributed by atoms with Gasteiger partial charge in [-0.3, -0.25) is 14.7 Å². The molecule has 1 unspecified atom stereocenters. The number of hydrogen-bond acceptors (Lipinski definition) is 7. The van der Waals surface area contributed by atoms with Crippen LogP contribution in [0.1, 0.15) is 18.2 Å². The van der Waals surface area contributed by atoms with Gasteiger partial charge in [0.25, 0.3) is 10.0 Å². The average molecular weight is 544 g/mol. The molecule has 0 aliphatic carbocycles. The van der Waals surface area contributed by atoms with Gasteiger partial charge in [-0.15, -0.1) is 0 Å². The minimum Gasteiger partial charge on any atom is -0.351 e. The Balaban J connectivity index is 1.31. The van der Waals surface area contributed by atoms with Gasteiger partial charge < -0.3 is 9.88 Å². The highest BCUT2D eigenvalue weighted by atomic mass is 32.3. The molecule has 1 N–H and O–H groups in total. The summed E-state index contributed by atoms with van der Waals surface area (Å²) < 4.78 is 27.6. The predicted molar refractivity (Wildman–Crippen MR) is 150 cm³/mol. The quantitative estimate of drug-likeness (QED) is 0.465. The number of sulfonamides is 1. The summed E-state index contributed by atoms with van der Waals surface area (Å²) >= 11 is 6.15. The molecule has 0 spiro atoms. The van der Waals surface area contributed by atoms with Gasteiger partial charge in [0.2, 0.25) is 5.91 Å². The van der Waals surface area contributed by atoms with Gasteiger partial charge in [0, 0.05) is 50.3 Å². The van der Waals surface area contributed by atoms with Crippen LogP contribution in [0.4, 0.5) is 5.69 Å². The zero-order valence-corrected chi connectivity index (χ0v) is 22.7. The van der Waals surface area contributed by atoms with Crippen molar-refractivity contribution in [3.63, 3.8) is 0 Å². The summed E-state index contributed by atoms with van der Waals surface area (Å²) in [4.78, 5) is 24.2. The lowest BCUT2D eigenvalue weighted by Crippen LogP contribution is -2.49. The number of thioether (sulfide) groups is 1. The largest absolute Gasteiger partial charge is 0.351 e. The van der Waals surface area contributed by atoms with Crippen molar-refractivity contribution in [3.05, 3.63) is 59.8 Å². The first-order valence-electron chi connectivity index (χ1n) is 11.8. The molecule has 0 radical (unpaired) electrons. The number of amides is 1. The third-order valence-electron chi connectivity index (χ3n) is 6.58. The number of para-hydroxylation sites is 1. The number of anilines is 1. The second-order valence-corrected chi connectivity index (χ2v) is 12.9. The number of aryl methyl sites for hydroxylation is 1. The Morgan fingerprint density at radius 3 is 2.64 bits per heavy atom. The van der Waals surface area contributed by atoms with E-state index >= 15 is 0 Å². The van der Waals surface area contributed by atoms with Crippen molar-refractivity contribution < 1.29 is 13.2 Å². The number of thiol groups is 1. The van der Waals surface area contributed by atoms with Crippen molar-refractivity contribution in [2.45, 2.75) is 24.0 Å². The minimum absolute atomic E-state index is 0.139. The van der Waals surface area contributed by atoms with Crippen LogP contribution in [-0.4, -0.2) is 78.7 Å². The molecule has 3 heterocycles. The summed E-state index contributed by atoms with van der Waals surface area (Å²) in [5.41, 5.74) is 2.91. The SMILES string of the molecule is CC(=O)N1CCN(CC2CN=C(c3cc4cccc(N(S)S(=O)(=O)c5cccc(C)c5)c4[nH]3)S2)CC1. The van der Waals surface area contributed by atoms with Crippen LogP contribution in [0.15, 0.2) is 58.4 Å². The van der Waals surface area contributed by atoms with Crippen molar-refractivity contribution in [2.75, 3.05) is 43.0 Å². The molecule has 1 fully saturated rings. The van der Waals surface area contributed by atoms with E-state index in [-0.39, 0.29) is 10.8 Å². The standard InChI is InChI=1S/C25H29N5O3S3/c1-17-5-3-7-21(13-17)36(32,33)30(34)23-8-4-6-19-14-22(27-24(19)23)25-26-15-20(35-25)16-28-9-11-29(12-10-28)18(2)31/h3-8,13-14,20,27,34H,9-12,15-16H2,1-2H3. The summed E-state index contributed by atoms with van der Waals surface area (Å²) in [5, 5.41) is 2.17. The highest BCUT2D eigenvalue weighted by Gasteiger charge is 2.28. The van der Waals surface area contributed by atoms with Crippen molar-refractivity contribution in [1.82, 2.24) is 14.8 Å². The fourth-order valence-electron chi connectivity index (χ4n) is 4.61. The van der Waals surface area contributed by atoms with Crippen LogP contribution in [0.5, 0.6) is 0 Å². The van der Waals surface area contributed by atoms with E-state index in [4.69, 9.17) is 4.99 Å². The van der Waals surface area contributed by atoms with Gasteiger partial charge in [0.1, 0.15) is 5.04 Å². The van der Waals surface area contributed by atoms with Crippen molar-refractivity contribution in [1.29, 1.82) is 0 Å². The van der Waals surface area contributed by atoms with E-state index in [1.807, 2.05) is 36.1 Å². The zero-order chi connectivity index (χ0) is 25.4. The van der Waals surface area contributed by atoms with Crippen LogP contribution in [-0.2, 0) is 14.8 Å². The lowest BCUT2D eigenvalue weighted by Gasteiger charge is -2.35. The van der Waals surface area contributed by atoms with Crippen molar-refractivity contribution in [2.24, 2.45) is 4.99 Å². The lowest BCUT2D eigenvalue weighted by molar-refractivity contribution is -0.130. The number of H-pyrrole nitrogens is 1. The molecule has 2 aliphatic heterocycles. The van der Waals surface area contributed by atoms with Crippen LogP contribution in [0.3, 0.4) is 0 Å². The molecule has 1 atom stereocenters. The molecule has 0 saturated carbocycles. The van der Waals surface area contributed by atoms with E-state index in [9.17, 15) is 13.2 Å². The first kappa shape index (κ1) is 25.2. The third kappa shape index (κ3) is 5.02. The molecule has 36 heavy (non-hydrogen) atoms. The van der Waals surface area contributed by atoms with Gasteiger partial charge in [-0.1, -0.05) is 36.0 Å². The molecule has 1 aromatic heterocycles. The number of piperazine rings is 1. The molecule has 8 nitrogen and oxygen atoms in total. The fraction of sp³-hybridized carbons (Fsp3) is 0.360. The summed E-state index contributed by atoms with van der Waals surface area (Å²) in [7, 11) is -3.84. The summed E-state index contributed by atoms with van der Waals surface area (Å²) in [5.74, 6) is 0.139. The number of aromatic amines is 1. The molecule has 2 aromatic carbocycles. The van der Waals surface area contributed by atoms with Gasteiger partial charge in [-0.2, -0.15) is 0 Å². The molecule has 11 heteroatoms. The van der Waals surface area contributed by atoms with Crippen LogP contribution >= 0.6 is 24.6 Å². The smallest absolute Gasteiger partial charge is 0.273 e. The van der Waals surface area contributed by atoms with Crippen molar-refractivity contribution in [3.8, 4) is 0 Å². The highest BCUT2D eigenvalue weighted by Crippen LogP contribution is 2.35. The number of fused-ring (bicyclic) bond motifs is 1. The fourth-order valence-corrected chi connectivity index (χ4v) is 7.40. The van der Waals surface area contributed by atoms with E-state index in [2.05, 4.69) is 22.7 Å². The number of aliphatic imine (C=N–C) groups is 1. The molecule has 1 saturated heterocycles. The topological polar surface area (TPSA) is 89.1 Å². The first-order valence-corrected chi connectivity index (χ1v) is 14.6. The third-order valence-corrected chi connectivity index (χ3v) is 10.1. The maximum atomic E-state index is 13.3.